The van der Waals surface area contributed by atoms with Crippen molar-refractivity contribution in [2.75, 3.05) is 0 Å². The van der Waals surface area contributed by atoms with Gasteiger partial charge in [-0.1, -0.05) is 17.7 Å². The molecule has 15 heavy (non-hydrogen) atoms. The Bertz CT molecular complexity index is 478. The highest BCUT2D eigenvalue weighted by atomic mass is 79.9. The molecule has 6 heteroatoms. The molecule has 0 aliphatic rings. The Morgan fingerprint density at radius 1 is 1.47 bits per heavy atom. The number of halogens is 2. The zero-order valence-electron chi connectivity index (χ0n) is 7.37. The molecule has 0 spiro atoms. The molecule has 4 nitrogen and oxygen atoms in total. The standard InChI is InChI=1S/C9H5BrClN3O/c10-5-2-1-3-6(11)8(5)9(15)7-4-12-14-13-7/h1-4H,(H,12,13,14). The van der Waals surface area contributed by atoms with Gasteiger partial charge in [0.25, 0.3) is 0 Å². The van der Waals surface area contributed by atoms with E-state index in [1.165, 1.54) is 6.20 Å². The number of H-pyrrole nitrogens is 1. The van der Waals surface area contributed by atoms with Crippen LogP contribution in [0.4, 0.5) is 0 Å². The van der Waals surface area contributed by atoms with Gasteiger partial charge >= 0.3 is 0 Å². The van der Waals surface area contributed by atoms with E-state index < -0.39 is 0 Å². The molecule has 0 aliphatic carbocycles. The smallest absolute Gasteiger partial charge is 0.217 e. The fourth-order valence-electron chi connectivity index (χ4n) is 1.15. The van der Waals surface area contributed by atoms with E-state index in [-0.39, 0.29) is 11.5 Å². The monoisotopic (exact) mass is 285 g/mol. The number of benzene rings is 1. The first-order valence-electron chi connectivity index (χ1n) is 4.04. The summed E-state index contributed by atoms with van der Waals surface area (Å²) in [5.74, 6) is -0.263. The van der Waals surface area contributed by atoms with Crippen LogP contribution in [-0.2, 0) is 0 Å². The normalized spacial score (nSPS) is 10.3. The number of hydrogen-bond donors (Lipinski definition) is 1. The molecule has 2 aromatic rings. The van der Waals surface area contributed by atoms with Gasteiger partial charge in [-0.05, 0) is 28.1 Å². The number of nitrogens with zero attached hydrogens (tertiary/aromatic N) is 2. The lowest BCUT2D eigenvalue weighted by Crippen LogP contribution is -2.03. The summed E-state index contributed by atoms with van der Waals surface area (Å²) >= 11 is 9.20. The quantitative estimate of drug-likeness (QED) is 0.863. The van der Waals surface area contributed by atoms with Gasteiger partial charge in [-0.25, -0.2) is 0 Å². The van der Waals surface area contributed by atoms with Gasteiger partial charge in [-0.2, -0.15) is 15.4 Å². The first kappa shape index (κ1) is 10.3. The van der Waals surface area contributed by atoms with Crippen LogP contribution >= 0.6 is 27.5 Å². The molecule has 1 aromatic carbocycles. The van der Waals surface area contributed by atoms with E-state index in [0.29, 0.717) is 15.1 Å². The number of aromatic nitrogens is 3. The average molecular weight is 287 g/mol. The number of nitrogens with one attached hydrogen (secondary N) is 1. The van der Waals surface area contributed by atoms with E-state index in [9.17, 15) is 4.79 Å². The van der Waals surface area contributed by atoms with Crippen LogP contribution in [-0.4, -0.2) is 21.2 Å². The predicted octanol–water partition coefficient (Wildman–Crippen LogP) is 2.45. The fraction of sp³-hybridized carbons (Fsp3) is 0. The second-order valence-corrected chi connectivity index (χ2v) is 4.04. The number of carbonyl (C=O) groups excluding carboxylic acids is 1. The van der Waals surface area contributed by atoms with E-state index in [4.69, 9.17) is 11.6 Å². The van der Waals surface area contributed by atoms with Crippen LogP contribution in [0.5, 0.6) is 0 Å². The van der Waals surface area contributed by atoms with Crippen molar-refractivity contribution in [2.45, 2.75) is 0 Å². The van der Waals surface area contributed by atoms with Crippen LogP contribution in [0, 0.1) is 0 Å². The van der Waals surface area contributed by atoms with Crippen molar-refractivity contribution < 1.29 is 4.79 Å². The molecule has 0 amide bonds. The molecule has 0 saturated carbocycles. The molecule has 0 bridgehead atoms. The second kappa shape index (κ2) is 4.12. The number of hydrogen-bond acceptors (Lipinski definition) is 3. The lowest BCUT2D eigenvalue weighted by molar-refractivity contribution is 0.103. The van der Waals surface area contributed by atoms with Crippen molar-refractivity contribution in [3.63, 3.8) is 0 Å². The Morgan fingerprint density at radius 3 is 2.87 bits per heavy atom. The highest BCUT2D eigenvalue weighted by molar-refractivity contribution is 9.10. The van der Waals surface area contributed by atoms with Crippen molar-refractivity contribution >= 4 is 33.3 Å². The summed E-state index contributed by atoms with van der Waals surface area (Å²) < 4.78 is 0.642. The molecule has 0 atom stereocenters. The molecule has 0 radical (unpaired) electrons. The topological polar surface area (TPSA) is 58.6 Å². The summed E-state index contributed by atoms with van der Waals surface area (Å²) in [6.45, 7) is 0. The molecule has 1 heterocycles. The van der Waals surface area contributed by atoms with E-state index >= 15 is 0 Å². The Morgan fingerprint density at radius 2 is 2.27 bits per heavy atom. The largest absolute Gasteiger partial charge is 0.287 e. The Kier molecular flexibility index (Phi) is 2.83. The molecule has 0 saturated heterocycles. The number of aromatic amines is 1. The maximum atomic E-state index is 11.9. The van der Waals surface area contributed by atoms with Crippen molar-refractivity contribution in [3.8, 4) is 0 Å². The lowest BCUT2D eigenvalue weighted by atomic mass is 10.1. The molecule has 0 unspecified atom stereocenters. The summed E-state index contributed by atoms with van der Waals surface area (Å²) in [4.78, 5) is 11.9. The van der Waals surface area contributed by atoms with Crippen LogP contribution in [0.3, 0.4) is 0 Å². The Hall–Kier alpha value is -1.20. The van der Waals surface area contributed by atoms with Gasteiger partial charge in [0.1, 0.15) is 0 Å². The highest BCUT2D eigenvalue weighted by Gasteiger charge is 2.17. The zero-order valence-corrected chi connectivity index (χ0v) is 9.71. The Labute approximate surface area is 98.8 Å². The maximum absolute atomic E-state index is 11.9. The van der Waals surface area contributed by atoms with Gasteiger partial charge in [-0.3, -0.25) is 4.79 Å². The molecular formula is C9H5BrClN3O. The minimum Gasteiger partial charge on any atom is -0.287 e. The van der Waals surface area contributed by atoms with Gasteiger partial charge in [0.05, 0.1) is 16.8 Å². The first-order chi connectivity index (χ1) is 7.20. The highest BCUT2D eigenvalue weighted by Crippen LogP contribution is 2.26. The van der Waals surface area contributed by atoms with E-state index in [1.54, 1.807) is 18.2 Å². The van der Waals surface area contributed by atoms with Crippen molar-refractivity contribution in [2.24, 2.45) is 0 Å². The molecule has 2 rings (SSSR count). The number of rotatable bonds is 2. The minimum atomic E-state index is -0.263. The van der Waals surface area contributed by atoms with Gasteiger partial charge in [0, 0.05) is 4.47 Å². The van der Waals surface area contributed by atoms with Crippen LogP contribution in [0.25, 0.3) is 0 Å². The van der Waals surface area contributed by atoms with E-state index in [1.807, 2.05) is 0 Å². The number of ketones is 1. The summed E-state index contributed by atoms with van der Waals surface area (Å²) in [7, 11) is 0. The zero-order chi connectivity index (χ0) is 10.8. The molecule has 0 fully saturated rings. The van der Waals surface area contributed by atoms with E-state index in [0.717, 1.165) is 0 Å². The third-order valence-electron chi connectivity index (χ3n) is 1.84. The summed E-state index contributed by atoms with van der Waals surface area (Å²) in [5, 5.41) is 10.0. The van der Waals surface area contributed by atoms with Crippen LogP contribution in [0.2, 0.25) is 5.02 Å². The third-order valence-corrected chi connectivity index (χ3v) is 2.81. The van der Waals surface area contributed by atoms with Crippen molar-refractivity contribution in [3.05, 3.63) is 45.1 Å². The van der Waals surface area contributed by atoms with Gasteiger partial charge in [0.15, 0.2) is 5.69 Å². The predicted molar refractivity (Wildman–Crippen MR) is 59.0 cm³/mol. The minimum absolute atomic E-state index is 0.240. The maximum Gasteiger partial charge on any atom is 0.217 e. The summed E-state index contributed by atoms with van der Waals surface area (Å²) in [6.07, 6.45) is 1.36. The van der Waals surface area contributed by atoms with Crippen LogP contribution in [0.15, 0.2) is 28.9 Å². The Balaban J connectivity index is 2.51. The van der Waals surface area contributed by atoms with Gasteiger partial charge < -0.3 is 0 Å². The second-order valence-electron chi connectivity index (χ2n) is 2.78. The van der Waals surface area contributed by atoms with Crippen molar-refractivity contribution in [1.82, 2.24) is 15.4 Å². The first-order valence-corrected chi connectivity index (χ1v) is 5.21. The SMILES string of the molecule is O=C(c1cn[nH]n1)c1c(Cl)cccc1Br. The van der Waals surface area contributed by atoms with Crippen molar-refractivity contribution in [1.29, 1.82) is 0 Å². The summed E-state index contributed by atoms with van der Waals surface area (Å²) in [6, 6.07) is 5.16. The molecule has 76 valence electrons. The fourth-order valence-corrected chi connectivity index (χ4v) is 2.07. The average Bonchev–Trinajstić information content (AvgIpc) is 2.69. The number of carbonyl (C=O) groups is 1. The third kappa shape index (κ3) is 1.93. The summed E-state index contributed by atoms with van der Waals surface area (Å²) in [5.41, 5.74) is 0.636. The van der Waals surface area contributed by atoms with Crippen LogP contribution in [0.1, 0.15) is 16.1 Å². The van der Waals surface area contributed by atoms with E-state index in [2.05, 4.69) is 31.3 Å². The van der Waals surface area contributed by atoms with Crippen LogP contribution < -0.4 is 0 Å². The van der Waals surface area contributed by atoms with Gasteiger partial charge in [0.2, 0.25) is 5.78 Å². The van der Waals surface area contributed by atoms with Gasteiger partial charge in [-0.15, -0.1) is 0 Å². The molecular weight excluding hydrogens is 281 g/mol. The lowest BCUT2D eigenvalue weighted by Gasteiger charge is -2.02. The molecule has 1 aromatic heterocycles. The molecule has 0 aliphatic heterocycles. The molecule has 1 N–H and O–H groups in total.